The number of aryl methyl sites for hydroxylation is 2. The summed E-state index contributed by atoms with van der Waals surface area (Å²) < 4.78 is 0. The molecule has 0 bridgehead atoms. The Morgan fingerprint density at radius 2 is 1.12 bits per heavy atom. The Labute approximate surface area is 187 Å². The molecule has 26 heavy (non-hydrogen) atoms. The number of rotatable bonds is 0. The van der Waals surface area contributed by atoms with Gasteiger partial charge in [0.1, 0.15) is 0 Å². The third kappa shape index (κ3) is 3.00. The van der Waals surface area contributed by atoms with Crippen LogP contribution < -0.4 is 35.2 Å². The van der Waals surface area contributed by atoms with Crippen molar-refractivity contribution in [2.75, 3.05) is 0 Å². The van der Waals surface area contributed by atoms with Crippen molar-refractivity contribution in [2.24, 2.45) is 0 Å². The Morgan fingerprint density at radius 1 is 0.692 bits per heavy atom. The maximum absolute atomic E-state index is 2.52. The molecule has 0 spiro atoms. The second-order valence-electron chi connectivity index (χ2n) is 7.38. The average molecular weight is 475 g/mol. The molecule has 5 rings (SSSR count). The van der Waals surface area contributed by atoms with Crippen molar-refractivity contribution in [1.29, 1.82) is 0 Å². The quantitative estimate of drug-likeness (QED) is 0.212. The Balaban J connectivity index is 0.000000810. The Hall–Kier alpha value is -0.660. The van der Waals surface area contributed by atoms with E-state index in [-0.39, 0.29) is 51.0 Å². The molecule has 0 saturated carbocycles. The van der Waals surface area contributed by atoms with Gasteiger partial charge in [0.2, 0.25) is 0 Å². The zero-order chi connectivity index (χ0) is 15.6. The van der Waals surface area contributed by atoms with Crippen LogP contribution in [-0.2, 0) is 39.0 Å². The van der Waals surface area contributed by atoms with Gasteiger partial charge in [0.05, 0.1) is 0 Å². The number of halogens is 2. The van der Waals surface area contributed by atoms with E-state index >= 15 is 0 Å². The summed E-state index contributed by atoms with van der Waals surface area (Å²) in [6.07, 6.45) is 2.30. The fourth-order valence-corrected chi connectivity index (χ4v) is 7.73. The summed E-state index contributed by atoms with van der Waals surface area (Å²) in [6.45, 7) is 5.05. The molecule has 0 N–H and O–H groups in total. The topological polar surface area (TPSA) is 0 Å². The summed E-state index contributed by atoms with van der Waals surface area (Å²) in [5.41, 5.74) is 3.08. The van der Waals surface area contributed by atoms with Crippen LogP contribution in [-0.4, -0.2) is 8.07 Å². The van der Waals surface area contributed by atoms with E-state index in [9.17, 15) is 0 Å². The molecule has 0 nitrogen and oxygen atoms in total. The smallest absolute Gasteiger partial charge is 1.00 e. The van der Waals surface area contributed by atoms with Crippen LogP contribution in [0.15, 0.2) is 60.7 Å². The minimum atomic E-state index is -1.73. The first kappa shape index (κ1) is 21.6. The fourth-order valence-electron chi connectivity index (χ4n) is 4.56. The molecule has 0 unspecified atom stereocenters. The SMILES string of the molecule is C[Si]1(C)c2cccc3cc[c-](c23)CC[c-]2ccc3cccc1c32.[Cl-].[Cl-].[Zr+4]. The van der Waals surface area contributed by atoms with E-state index in [0.717, 1.165) is 12.8 Å². The summed E-state index contributed by atoms with van der Waals surface area (Å²) in [6, 6.07) is 23.2. The number of benzene rings is 2. The first-order chi connectivity index (χ1) is 11.2. The van der Waals surface area contributed by atoms with Crippen molar-refractivity contribution >= 4 is 40.0 Å². The maximum atomic E-state index is 2.52. The molecule has 1 aliphatic heterocycles. The van der Waals surface area contributed by atoms with Crippen LogP contribution in [0.3, 0.4) is 0 Å². The van der Waals surface area contributed by atoms with Gasteiger partial charge in [-0.3, -0.25) is 0 Å². The van der Waals surface area contributed by atoms with Crippen molar-refractivity contribution in [2.45, 2.75) is 25.9 Å². The van der Waals surface area contributed by atoms with Gasteiger partial charge in [-0.2, -0.15) is 12.1 Å². The molecule has 1 aliphatic rings. The Morgan fingerprint density at radius 3 is 1.54 bits per heavy atom. The van der Waals surface area contributed by atoms with Crippen LogP contribution >= 0.6 is 0 Å². The molecule has 0 radical (unpaired) electrons. The molecule has 0 atom stereocenters. The Kier molecular flexibility index (Phi) is 6.46. The zero-order valence-corrected chi connectivity index (χ0v) is 19.9. The van der Waals surface area contributed by atoms with E-state index in [1.54, 1.807) is 32.3 Å². The van der Waals surface area contributed by atoms with Crippen LogP contribution in [0.25, 0.3) is 21.5 Å². The van der Waals surface area contributed by atoms with Crippen molar-refractivity contribution in [3.8, 4) is 0 Å². The zero-order valence-electron chi connectivity index (χ0n) is 14.9. The molecule has 4 heteroatoms. The largest absolute Gasteiger partial charge is 4.00 e. The van der Waals surface area contributed by atoms with Crippen molar-refractivity contribution in [3.05, 3.63) is 71.8 Å². The standard InChI is InChI=1S/C22H20Si.2ClH.Zr/c1-23(2)19-7-3-5-15-9-11-17(21(15)19)13-14-18-12-10-16-6-4-8-20(23)22(16)18;;;/h3-12H,13-14H2,1-2H3;2*1H;/q-2;;;+4/p-2. The van der Waals surface area contributed by atoms with Crippen LogP contribution in [0.5, 0.6) is 0 Å². The monoisotopic (exact) mass is 472 g/mol. The predicted molar refractivity (Wildman–Crippen MR) is 103 cm³/mol. The van der Waals surface area contributed by atoms with Crippen molar-refractivity contribution < 1.29 is 51.0 Å². The van der Waals surface area contributed by atoms with E-state index in [1.165, 1.54) is 10.8 Å². The van der Waals surface area contributed by atoms with E-state index in [0.29, 0.717) is 0 Å². The summed E-state index contributed by atoms with van der Waals surface area (Å²) in [7, 11) is -1.73. The molecule has 0 fully saturated rings. The van der Waals surface area contributed by atoms with E-state index in [4.69, 9.17) is 0 Å². The summed E-state index contributed by atoms with van der Waals surface area (Å²) >= 11 is 0. The van der Waals surface area contributed by atoms with Crippen molar-refractivity contribution in [1.82, 2.24) is 0 Å². The predicted octanol–water partition coefficient (Wildman–Crippen LogP) is -1.64. The fraction of sp³-hybridized carbons (Fsp3) is 0.182. The van der Waals surface area contributed by atoms with Gasteiger partial charge in [-0.25, -0.2) is 0 Å². The first-order valence-corrected chi connectivity index (χ1v) is 11.5. The van der Waals surface area contributed by atoms with E-state index < -0.39 is 8.07 Å². The number of hydrogen-bond acceptors (Lipinski definition) is 0. The van der Waals surface area contributed by atoms with Gasteiger partial charge in [0.15, 0.2) is 0 Å². The van der Waals surface area contributed by atoms with E-state index in [2.05, 4.69) is 73.8 Å². The minimum absolute atomic E-state index is 0. The molecule has 130 valence electrons. The van der Waals surface area contributed by atoms with Gasteiger partial charge >= 0.3 is 26.2 Å². The molecule has 0 saturated heterocycles. The summed E-state index contributed by atoms with van der Waals surface area (Å²) in [4.78, 5) is 0. The van der Waals surface area contributed by atoms with Crippen molar-refractivity contribution in [3.63, 3.8) is 0 Å². The van der Waals surface area contributed by atoms with Gasteiger partial charge in [-0.1, -0.05) is 38.1 Å². The molecule has 4 aromatic rings. The van der Waals surface area contributed by atoms with Gasteiger partial charge in [0, 0.05) is 8.07 Å². The van der Waals surface area contributed by atoms with Gasteiger partial charge in [0.25, 0.3) is 0 Å². The number of hydrogen-bond donors (Lipinski definition) is 0. The van der Waals surface area contributed by atoms with Crippen LogP contribution in [0.4, 0.5) is 0 Å². The summed E-state index contributed by atoms with van der Waals surface area (Å²) in [5.74, 6) is 0. The van der Waals surface area contributed by atoms with Gasteiger partial charge in [-0.15, -0.1) is 79.4 Å². The summed E-state index contributed by atoms with van der Waals surface area (Å²) in [5, 5.41) is 9.16. The third-order valence-corrected chi connectivity index (χ3v) is 9.30. The third-order valence-electron chi connectivity index (χ3n) is 5.77. The molecule has 4 aromatic carbocycles. The molecular weight excluding hydrogens is 454 g/mol. The second kappa shape index (κ2) is 7.76. The molecular formula is C22H20Cl2SiZr. The van der Waals surface area contributed by atoms with Gasteiger partial charge in [-0.05, 0) is 0 Å². The van der Waals surface area contributed by atoms with E-state index in [1.807, 2.05) is 0 Å². The minimum Gasteiger partial charge on any atom is -1.00 e. The van der Waals surface area contributed by atoms with Crippen LogP contribution in [0.1, 0.15) is 11.1 Å². The molecule has 0 aliphatic carbocycles. The molecule has 0 amide bonds. The average Bonchev–Trinajstić information content (AvgIpc) is 3.16. The second-order valence-corrected chi connectivity index (χ2v) is 11.7. The first-order valence-electron chi connectivity index (χ1n) is 8.52. The van der Waals surface area contributed by atoms with Crippen LogP contribution in [0.2, 0.25) is 13.1 Å². The molecule has 0 aromatic heterocycles. The normalized spacial score (nSPS) is 14.4. The van der Waals surface area contributed by atoms with Gasteiger partial charge < -0.3 is 24.8 Å². The van der Waals surface area contributed by atoms with Crippen LogP contribution in [0, 0.1) is 0 Å². The molecule has 1 heterocycles. The Bertz CT molecular complexity index is 975. The maximum Gasteiger partial charge on any atom is 4.00 e.